The van der Waals surface area contributed by atoms with Crippen molar-refractivity contribution in [1.29, 1.82) is 0 Å². The summed E-state index contributed by atoms with van der Waals surface area (Å²) in [4.78, 5) is 38.4. The fourth-order valence-electron chi connectivity index (χ4n) is 4.56. The highest BCUT2D eigenvalue weighted by Crippen LogP contribution is 2.27. The van der Waals surface area contributed by atoms with E-state index in [0.717, 1.165) is 12.8 Å². The minimum atomic E-state index is -0.469. The van der Waals surface area contributed by atoms with Crippen LogP contribution in [-0.2, 0) is 27.3 Å². The summed E-state index contributed by atoms with van der Waals surface area (Å²) in [6.07, 6.45) is 6.69. The van der Waals surface area contributed by atoms with Gasteiger partial charge in [-0.2, -0.15) is 0 Å². The maximum absolute atomic E-state index is 15.5. The van der Waals surface area contributed by atoms with Crippen molar-refractivity contribution >= 4 is 12.2 Å². The van der Waals surface area contributed by atoms with E-state index < -0.39 is 5.82 Å². The van der Waals surface area contributed by atoms with E-state index in [4.69, 9.17) is 14.6 Å². The first-order chi connectivity index (χ1) is 21.3. The van der Waals surface area contributed by atoms with Crippen LogP contribution in [0.3, 0.4) is 0 Å². The normalized spacial score (nSPS) is 11.8. The number of methoxy groups -OCH3 is 1. The largest absolute Gasteiger partial charge is 0.397 e. The molecule has 9 nitrogen and oxygen atoms in total. The first-order valence-corrected chi connectivity index (χ1v) is 14.5. The number of hydrogen-bond donors (Lipinski definition) is 1. The third-order valence-electron chi connectivity index (χ3n) is 7.08. The summed E-state index contributed by atoms with van der Waals surface area (Å²) in [5.41, 5.74) is 3.67. The number of rotatable bonds is 11. The molecule has 0 aliphatic heterocycles. The molecule has 1 atom stereocenters. The minimum Gasteiger partial charge on any atom is -0.397 e. The van der Waals surface area contributed by atoms with Crippen molar-refractivity contribution in [2.45, 2.75) is 59.6 Å². The summed E-state index contributed by atoms with van der Waals surface area (Å²) in [5, 5.41) is 6.39. The second-order valence-electron chi connectivity index (χ2n) is 10.1. The molecular weight excluding hydrogens is 561 g/mol. The number of carbonyl (C=O) groups is 1. The number of carbonyl (C=O) groups excluding carboxylic acids is 1. The Labute approximate surface area is 257 Å². The van der Waals surface area contributed by atoms with E-state index in [1.165, 1.54) is 13.2 Å². The lowest BCUT2D eigenvalue weighted by Crippen LogP contribution is -2.28. The van der Waals surface area contributed by atoms with Gasteiger partial charge in [-0.15, -0.1) is 0 Å². The van der Waals surface area contributed by atoms with E-state index in [1.54, 1.807) is 67.4 Å². The highest BCUT2D eigenvalue weighted by atomic mass is 19.1. The smallest absolute Gasteiger partial charge is 0.262 e. The Kier molecular flexibility index (Phi) is 12.9. The zero-order valence-electron chi connectivity index (χ0n) is 26.1. The van der Waals surface area contributed by atoms with Gasteiger partial charge in [-0.3, -0.25) is 19.1 Å². The molecule has 0 saturated heterocycles. The molecule has 2 heterocycles. The Morgan fingerprint density at radius 3 is 2.48 bits per heavy atom. The van der Waals surface area contributed by atoms with Crippen LogP contribution in [0.5, 0.6) is 0 Å². The fourth-order valence-corrected chi connectivity index (χ4v) is 4.56. The molecule has 0 aliphatic carbocycles. The number of nitrogens with zero attached hydrogens (tertiary/aromatic N) is 4. The number of ether oxygens (including phenoxy) is 1. The first kappa shape index (κ1) is 33.8. The van der Waals surface area contributed by atoms with Crippen molar-refractivity contribution in [1.82, 2.24) is 19.9 Å². The number of benzene rings is 2. The van der Waals surface area contributed by atoms with Crippen molar-refractivity contribution in [3.8, 4) is 22.3 Å². The lowest BCUT2D eigenvalue weighted by Gasteiger charge is -2.17. The number of aryl methyl sites for hydroxylation is 2. The summed E-state index contributed by atoms with van der Waals surface area (Å²) in [5.74, 6) is 0.340. The number of halogens is 1. The van der Waals surface area contributed by atoms with Crippen LogP contribution in [-0.4, -0.2) is 47.1 Å². The molecule has 1 amide bonds. The third-order valence-corrected chi connectivity index (χ3v) is 7.08. The van der Waals surface area contributed by atoms with Crippen molar-refractivity contribution in [3.05, 3.63) is 106 Å². The van der Waals surface area contributed by atoms with Crippen LogP contribution in [0.2, 0.25) is 0 Å². The molecule has 0 fully saturated rings. The Hall–Kier alpha value is -4.70. The van der Waals surface area contributed by atoms with Crippen molar-refractivity contribution in [2.24, 2.45) is 5.16 Å². The van der Waals surface area contributed by atoms with Crippen LogP contribution in [0.25, 0.3) is 22.3 Å². The van der Waals surface area contributed by atoms with Gasteiger partial charge in [0.15, 0.2) is 5.84 Å². The summed E-state index contributed by atoms with van der Waals surface area (Å²) in [6, 6.07) is 15.6. The van der Waals surface area contributed by atoms with Gasteiger partial charge in [0.2, 0.25) is 6.41 Å². The van der Waals surface area contributed by atoms with Gasteiger partial charge in [0, 0.05) is 42.6 Å². The molecular formula is C34H40FN5O4. The van der Waals surface area contributed by atoms with Gasteiger partial charge in [0.05, 0.1) is 23.9 Å². The molecule has 44 heavy (non-hydrogen) atoms. The molecule has 10 heteroatoms. The SMILES string of the molecule is CCC(C)OC.CCCc1nc(C)c(-c2cccnc2)c(=O)n1Cc1ccc(-c2ccccc2/C(=N/OC)NC=O)cc1F. The molecule has 0 radical (unpaired) electrons. The molecule has 0 spiro atoms. The molecule has 4 rings (SSSR count). The minimum absolute atomic E-state index is 0.0333. The predicted octanol–water partition coefficient (Wildman–Crippen LogP) is 5.91. The molecule has 0 bridgehead atoms. The van der Waals surface area contributed by atoms with Crippen LogP contribution in [0.1, 0.15) is 56.3 Å². The van der Waals surface area contributed by atoms with Gasteiger partial charge in [0.1, 0.15) is 18.8 Å². The Morgan fingerprint density at radius 2 is 1.89 bits per heavy atom. The molecule has 2 aromatic heterocycles. The van der Waals surface area contributed by atoms with E-state index in [-0.39, 0.29) is 17.9 Å². The number of nitrogens with one attached hydrogen (secondary N) is 1. The van der Waals surface area contributed by atoms with Gasteiger partial charge >= 0.3 is 0 Å². The fraction of sp³-hybridized carbons (Fsp3) is 0.324. The lowest BCUT2D eigenvalue weighted by atomic mass is 9.97. The standard InChI is InChI=1S/C29H28FN5O3.C5H12O/c1-4-8-26-33-19(2)27(21-9-7-14-31-16-21)29(37)35(26)17-22-13-12-20(15-25(22)30)23-10-5-6-11-24(23)28(32-18-36)34-38-3;1-4-5(2)6-3/h5-7,9-16,18H,4,8,17H2,1-3H3,(H,32,34,36);5H,4H2,1-3H3. The van der Waals surface area contributed by atoms with Gasteiger partial charge in [0.25, 0.3) is 5.56 Å². The predicted molar refractivity (Wildman–Crippen MR) is 171 cm³/mol. The van der Waals surface area contributed by atoms with Crippen LogP contribution in [0.15, 0.2) is 76.9 Å². The third kappa shape index (κ3) is 8.44. The molecule has 0 saturated carbocycles. The molecule has 4 aromatic rings. The van der Waals surface area contributed by atoms with Crippen LogP contribution in [0, 0.1) is 12.7 Å². The van der Waals surface area contributed by atoms with E-state index in [1.807, 2.05) is 19.1 Å². The topological polar surface area (TPSA) is 108 Å². The number of hydrogen-bond acceptors (Lipinski definition) is 7. The number of oxime groups is 1. The van der Waals surface area contributed by atoms with Crippen LogP contribution >= 0.6 is 0 Å². The van der Waals surface area contributed by atoms with Gasteiger partial charge in [-0.25, -0.2) is 9.37 Å². The average molecular weight is 602 g/mol. The van der Waals surface area contributed by atoms with Gasteiger partial charge < -0.3 is 14.9 Å². The van der Waals surface area contributed by atoms with E-state index in [2.05, 4.69) is 29.3 Å². The quantitative estimate of drug-likeness (QED) is 0.0992. The Morgan fingerprint density at radius 1 is 1.11 bits per heavy atom. The van der Waals surface area contributed by atoms with E-state index in [9.17, 15) is 9.59 Å². The highest BCUT2D eigenvalue weighted by molar-refractivity contribution is 6.08. The van der Waals surface area contributed by atoms with Gasteiger partial charge in [-0.1, -0.05) is 61.5 Å². The second-order valence-corrected chi connectivity index (χ2v) is 10.1. The molecule has 232 valence electrons. The maximum atomic E-state index is 15.5. The van der Waals surface area contributed by atoms with Crippen molar-refractivity contribution < 1.29 is 18.8 Å². The van der Waals surface area contributed by atoms with Gasteiger partial charge in [-0.05, 0) is 49.9 Å². The monoisotopic (exact) mass is 601 g/mol. The summed E-state index contributed by atoms with van der Waals surface area (Å²) in [6.45, 7) is 8.01. The molecule has 0 aliphatic rings. The Balaban J connectivity index is 0.000000801. The summed E-state index contributed by atoms with van der Waals surface area (Å²) in [7, 11) is 3.10. The molecule has 1 N–H and O–H groups in total. The zero-order chi connectivity index (χ0) is 32.1. The van der Waals surface area contributed by atoms with Crippen molar-refractivity contribution in [3.63, 3.8) is 0 Å². The lowest BCUT2D eigenvalue weighted by molar-refractivity contribution is -0.108. The number of amidine groups is 1. The van der Waals surface area contributed by atoms with E-state index >= 15 is 4.39 Å². The second kappa shape index (κ2) is 16.8. The summed E-state index contributed by atoms with van der Waals surface area (Å²) < 4.78 is 22.0. The summed E-state index contributed by atoms with van der Waals surface area (Å²) >= 11 is 0. The van der Waals surface area contributed by atoms with Crippen LogP contribution < -0.4 is 10.9 Å². The average Bonchev–Trinajstić information content (AvgIpc) is 3.04. The number of pyridine rings is 1. The number of amides is 1. The first-order valence-electron chi connectivity index (χ1n) is 14.5. The molecule has 2 aromatic carbocycles. The van der Waals surface area contributed by atoms with Crippen molar-refractivity contribution in [2.75, 3.05) is 14.2 Å². The van der Waals surface area contributed by atoms with Crippen LogP contribution in [0.4, 0.5) is 4.39 Å². The van der Waals surface area contributed by atoms with E-state index in [0.29, 0.717) is 63.8 Å². The number of aromatic nitrogens is 3. The zero-order valence-corrected chi connectivity index (χ0v) is 26.1. The maximum Gasteiger partial charge on any atom is 0.262 e. The molecule has 1 unspecified atom stereocenters. The highest BCUT2D eigenvalue weighted by Gasteiger charge is 2.18. The Bertz CT molecular complexity index is 1620.